The summed E-state index contributed by atoms with van der Waals surface area (Å²) >= 11 is 0. The molecule has 3 N–H and O–H groups in total. The van der Waals surface area contributed by atoms with Crippen molar-refractivity contribution in [1.82, 2.24) is 5.32 Å². The fraction of sp³-hybridized carbons (Fsp3) is 0.300. The Bertz CT molecular complexity index is 1070. The van der Waals surface area contributed by atoms with Crippen LogP contribution in [0.15, 0.2) is 47.4 Å². The molecule has 2 aromatic rings. The number of nitrogens with one attached hydrogen (secondary N) is 3. The van der Waals surface area contributed by atoms with Gasteiger partial charge in [0.15, 0.2) is 11.6 Å². The summed E-state index contributed by atoms with van der Waals surface area (Å²) in [6.45, 7) is 6.56. The third kappa shape index (κ3) is 7.21. The van der Waals surface area contributed by atoms with Gasteiger partial charge in [-0.15, -0.1) is 0 Å². The van der Waals surface area contributed by atoms with Gasteiger partial charge in [0, 0.05) is 11.4 Å². The molecule has 0 aromatic heterocycles. The van der Waals surface area contributed by atoms with Gasteiger partial charge in [-0.25, -0.2) is 22.0 Å². The van der Waals surface area contributed by atoms with E-state index in [0.717, 1.165) is 12.1 Å². The van der Waals surface area contributed by atoms with Crippen molar-refractivity contribution in [3.63, 3.8) is 0 Å². The summed E-state index contributed by atoms with van der Waals surface area (Å²) in [7, 11) is -4.14. The zero-order chi connectivity index (χ0) is 23.4. The van der Waals surface area contributed by atoms with Crippen LogP contribution < -0.4 is 15.4 Å². The zero-order valence-electron chi connectivity index (χ0n) is 17.3. The number of rotatable bonds is 6. The lowest BCUT2D eigenvalue weighted by Gasteiger charge is -2.21. The van der Waals surface area contributed by atoms with Gasteiger partial charge in [-0.05, 0) is 70.2 Å². The van der Waals surface area contributed by atoms with Crippen LogP contribution in [0.1, 0.15) is 27.7 Å². The van der Waals surface area contributed by atoms with Crippen molar-refractivity contribution >= 4 is 33.4 Å². The normalized spacial score (nSPS) is 12.6. The summed E-state index contributed by atoms with van der Waals surface area (Å²) in [5.41, 5.74) is -0.218. The summed E-state index contributed by atoms with van der Waals surface area (Å²) < 4.78 is 58.2. The first-order chi connectivity index (χ1) is 14.3. The Labute approximate surface area is 179 Å². The van der Waals surface area contributed by atoms with Crippen molar-refractivity contribution in [2.45, 2.75) is 44.2 Å². The molecule has 11 heteroatoms. The molecule has 1 atom stereocenters. The number of amides is 2. The number of ether oxygens (including phenoxy) is 1. The Morgan fingerprint density at radius 2 is 1.55 bits per heavy atom. The molecule has 0 spiro atoms. The van der Waals surface area contributed by atoms with Crippen molar-refractivity contribution in [3.05, 3.63) is 54.1 Å². The fourth-order valence-corrected chi connectivity index (χ4v) is 3.35. The van der Waals surface area contributed by atoms with Crippen LogP contribution in [0.2, 0.25) is 0 Å². The van der Waals surface area contributed by atoms with Crippen LogP contribution in [0, 0.1) is 11.6 Å². The number of alkyl carbamates (subject to hydrolysis) is 1. The van der Waals surface area contributed by atoms with E-state index >= 15 is 0 Å². The molecule has 31 heavy (non-hydrogen) atoms. The molecule has 0 fully saturated rings. The lowest BCUT2D eigenvalue weighted by atomic mass is 10.2. The molecular weight excluding hydrogens is 432 g/mol. The van der Waals surface area contributed by atoms with Gasteiger partial charge in [-0.2, -0.15) is 0 Å². The van der Waals surface area contributed by atoms with Crippen molar-refractivity contribution in [3.8, 4) is 0 Å². The largest absolute Gasteiger partial charge is 0.444 e. The highest BCUT2D eigenvalue weighted by atomic mass is 32.2. The van der Waals surface area contributed by atoms with E-state index in [1.54, 1.807) is 20.8 Å². The maximum atomic E-state index is 13.3. The number of benzene rings is 2. The van der Waals surface area contributed by atoms with Crippen molar-refractivity contribution in [2.75, 3.05) is 10.0 Å². The quantitative estimate of drug-likeness (QED) is 0.616. The van der Waals surface area contributed by atoms with E-state index in [0.29, 0.717) is 11.8 Å². The fourth-order valence-electron chi connectivity index (χ4n) is 2.28. The first kappa shape index (κ1) is 24.1. The average Bonchev–Trinajstić information content (AvgIpc) is 2.63. The molecular formula is C20H23F2N3O5S. The summed E-state index contributed by atoms with van der Waals surface area (Å²) in [6, 6.07) is 6.95. The zero-order valence-corrected chi connectivity index (χ0v) is 18.1. The van der Waals surface area contributed by atoms with Crippen LogP contribution in [-0.4, -0.2) is 32.1 Å². The van der Waals surface area contributed by atoms with Crippen LogP contribution in [0.5, 0.6) is 0 Å². The van der Waals surface area contributed by atoms with Crippen LogP contribution >= 0.6 is 0 Å². The Morgan fingerprint density at radius 3 is 2.10 bits per heavy atom. The van der Waals surface area contributed by atoms with Crippen LogP contribution in [0.4, 0.5) is 25.0 Å². The molecule has 0 radical (unpaired) electrons. The molecule has 2 rings (SSSR count). The van der Waals surface area contributed by atoms with E-state index in [1.165, 1.54) is 31.2 Å². The lowest BCUT2D eigenvalue weighted by molar-refractivity contribution is -0.117. The molecule has 0 saturated carbocycles. The van der Waals surface area contributed by atoms with Gasteiger partial charge in [-0.1, -0.05) is 0 Å². The lowest BCUT2D eigenvalue weighted by Crippen LogP contribution is -2.43. The monoisotopic (exact) mass is 455 g/mol. The highest BCUT2D eigenvalue weighted by molar-refractivity contribution is 7.92. The van der Waals surface area contributed by atoms with Gasteiger partial charge in [0.2, 0.25) is 5.91 Å². The first-order valence-electron chi connectivity index (χ1n) is 9.15. The molecule has 0 heterocycles. The number of anilines is 2. The second-order valence-electron chi connectivity index (χ2n) is 7.62. The molecule has 0 aliphatic heterocycles. The number of carbonyl (C=O) groups excluding carboxylic acids is 2. The van der Waals surface area contributed by atoms with Gasteiger partial charge in [0.25, 0.3) is 10.0 Å². The van der Waals surface area contributed by atoms with Crippen LogP contribution in [0.25, 0.3) is 0 Å². The van der Waals surface area contributed by atoms with E-state index in [1.807, 2.05) is 0 Å². The maximum absolute atomic E-state index is 13.3. The van der Waals surface area contributed by atoms with Gasteiger partial charge < -0.3 is 15.4 Å². The minimum Gasteiger partial charge on any atom is -0.444 e. The van der Waals surface area contributed by atoms with Crippen LogP contribution in [0.3, 0.4) is 0 Å². The van der Waals surface area contributed by atoms with E-state index in [2.05, 4.69) is 15.4 Å². The molecule has 0 bridgehead atoms. The van der Waals surface area contributed by atoms with Crippen LogP contribution in [-0.2, 0) is 19.6 Å². The Hall–Kier alpha value is -3.21. The van der Waals surface area contributed by atoms with Crippen molar-refractivity contribution in [2.24, 2.45) is 0 Å². The molecule has 0 aliphatic carbocycles. The van der Waals surface area contributed by atoms with Gasteiger partial charge in [-0.3, -0.25) is 9.52 Å². The number of sulfonamides is 1. The molecule has 0 saturated heterocycles. The summed E-state index contributed by atoms with van der Waals surface area (Å²) in [5.74, 6) is -2.95. The van der Waals surface area contributed by atoms with Gasteiger partial charge in [0.05, 0.1) is 4.90 Å². The Morgan fingerprint density at radius 1 is 0.968 bits per heavy atom. The number of halogens is 2. The second kappa shape index (κ2) is 9.29. The predicted molar refractivity (Wildman–Crippen MR) is 111 cm³/mol. The first-order valence-corrected chi connectivity index (χ1v) is 10.6. The maximum Gasteiger partial charge on any atom is 0.408 e. The number of carbonyl (C=O) groups is 2. The number of hydrogen-bond acceptors (Lipinski definition) is 5. The molecule has 0 unspecified atom stereocenters. The SMILES string of the molecule is C[C@@H](NC(=O)OC(C)(C)C)C(=O)Nc1ccc(NS(=O)(=O)c2ccc(F)c(F)c2)cc1. The van der Waals surface area contributed by atoms with Gasteiger partial charge >= 0.3 is 6.09 Å². The molecule has 168 valence electrons. The number of hydrogen-bond donors (Lipinski definition) is 3. The van der Waals surface area contributed by atoms with E-state index < -0.39 is 50.2 Å². The van der Waals surface area contributed by atoms with Crippen molar-refractivity contribution < 1.29 is 31.5 Å². The third-order valence-corrected chi connectivity index (χ3v) is 5.11. The molecule has 0 aliphatic rings. The van der Waals surface area contributed by atoms with E-state index in [-0.39, 0.29) is 5.69 Å². The van der Waals surface area contributed by atoms with E-state index in [9.17, 15) is 26.8 Å². The minimum absolute atomic E-state index is 0.141. The standard InChI is InChI=1S/C20H23F2N3O5S/c1-12(23-19(27)30-20(2,3)4)18(26)24-13-5-7-14(8-6-13)25-31(28,29)15-9-10-16(21)17(22)11-15/h5-12,25H,1-4H3,(H,23,27)(H,24,26)/t12-/m1/s1. The second-order valence-corrected chi connectivity index (χ2v) is 9.30. The highest BCUT2D eigenvalue weighted by Gasteiger charge is 2.21. The van der Waals surface area contributed by atoms with Gasteiger partial charge in [0.1, 0.15) is 11.6 Å². The molecule has 2 amide bonds. The smallest absolute Gasteiger partial charge is 0.408 e. The Balaban J connectivity index is 1.99. The summed E-state index contributed by atoms with van der Waals surface area (Å²) in [5, 5.41) is 4.97. The minimum atomic E-state index is -4.14. The summed E-state index contributed by atoms with van der Waals surface area (Å²) in [6.07, 6.45) is -0.739. The summed E-state index contributed by atoms with van der Waals surface area (Å²) in [4.78, 5) is 23.5. The van der Waals surface area contributed by atoms with E-state index in [4.69, 9.17) is 4.74 Å². The topological polar surface area (TPSA) is 114 Å². The Kier molecular flexibility index (Phi) is 7.21. The van der Waals surface area contributed by atoms with Crippen molar-refractivity contribution in [1.29, 1.82) is 0 Å². The molecule has 8 nitrogen and oxygen atoms in total. The predicted octanol–water partition coefficient (Wildman–Crippen LogP) is 3.62. The third-order valence-electron chi connectivity index (χ3n) is 3.73. The molecule has 2 aromatic carbocycles. The average molecular weight is 455 g/mol. The highest BCUT2D eigenvalue weighted by Crippen LogP contribution is 2.20.